The van der Waals surface area contributed by atoms with E-state index in [1.807, 2.05) is 37.1 Å². The number of hydrogen-bond acceptors (Lipinski definition) is 4. The highest BCUT2D eigenvalue weighted by Crippen LogP contribution is 2.19. The first-order valence-corrected chi connectivity index (χ1v) is 5.28. The Labute approximate surface area is 96.6 Å². The van der Waals surface area contributed by atoms with Crippen molar-refractivity contribution in [2.24, 2.45) is 0 Å². The largest absolute Gasteiger partial charge is 0.399 e. The molecule has 1 atom stereocenters. The number of anilines is 2. The second kappa shape index (κ2) is 5.72. The lowest BCUT2D eigenvalue weighted by Crippen LogP contribution is -2.31. The van der Waals surface area contributed by atoms with E-state index in [1.165, 1.54) is 0 Å². The number of hydrogen-bond donors (Lipinski definition) is 2. The number of nitrogens with zero attached hydrogens (tertiary/aromatic N) is 1. The number of nitrogen functional groups attached to an aromatic ring is 1. The van der Waals surface area contributed by atoms with Crippen LogP contribution in [0.15, 0.2) is 18.2 Å². The number of likely N-dealkylation sites (N-methyl/N-ethyl adjacent to an activating group) is 1. The molecule has 0 aromatic heterocycles. The fourth-order valence-corrected chi connectivity index (χ4v) is 1.68. The van der Waals surface area contributed by atoms with E-state index in [-0.39, 0.29) is 0 Å². The molecule has 4 heteroatoms. The first-order chi connectivity index (χ1) is 7.52. The van der Waals surface area contributed by atoms with Crippen molar-refractivity contribution in [2.75, 3.05) is 37.9 Å². The molecule has 0 amide bonds. The number of methoxy groups -OCH3 is 1. The summed E-state index contributed by atoms with van der Waals surface area (Å²) in [6.45, 7) is 2.86. The smallest absolute Gasteiger partial charge is 0.0947 e. The third-order valence-corrected chi connectivity index (χ3v) is 2.37. The highest BCUT2D eigenvalue weighted by atomic mass is 16.5. The predicted molar refractivity (Wildman–Crippen MR) is 66.7 cm³/mol. The SMILES string of the molecule is COCC(O)CN(C)c1cc(C)cc(N)c1. The number of benzene rings is 1. The fourth-order valence-electron chi connectivity index (χ4n) is 1.68. The molecule has 3 N–H and O–H groups in total. The second-order valence-corrected chi connectivity index (χ2v) is 4.09. The van der Waals surface area contributed by atoms with Crippen molar-refractivity contribution in [3.63, 3.8) is 0 Å². The Hall–Kier alpha value is -1.26. The number of ether oxygens (including phenoxy) is 1. The zero-order valence-corrected chi connectivity index (χ0v) is 10.1. The van der Waals surface area contributed by atoms with Crippen molar-refractivity contribution < 1.29 is 9.84 Å². The second-order valence-electron chi connectivity index (χ2n) is 4.09. The van der Waals surface area contributed by atoms with E-state index in [9.17, 15) is 5.11 Å². The maximum atomic E-state index is 9.62. The summed E-state index contributed by atoms with van der Waals surface area (Å²) in [7, 11) is 3.50. The maximum absolute atomic E-state index is 9.62. The van der Waals surface area contributed by atoms with Gasteiger partial charge in [0.2, 0.25) is 0 Å². The zero-order chi connectivity index (χ0) is 12.1. The van der Waals surface area contributed by atoms with Crippen LogP contribution in [-0.4, -0.2) is 38.5 Å². The quantitative estimate of drug-likeness (QED) is 0.733. The summed E-state index contributed by atoms with van der Waals surface area (Å²) < 4.78 is 4.89. The van der Waals surface area contributed by atoms with Crippen molar-refractivity contribution in [1.29, 1.82) is 0 Å². The monoisotopic (exact) mass is 224 g/mol. The van der Waals surface area contributed by atoms with E-state index < -0.39 is 6.10 Å². The van der Waals surface area contributed by atoms with Gasteiger partial charge in [-0.3, -0.25) is 0 Å². The highest BCUT2D eigenvalue weighted by Gasteiger charge is 2.09. The van der Waals surface area contributed by atoms with E-state index >= 15 is 0 Å². The molecule has 0 aliphatic rings. The Morgan fingerprint density at radius 3 is 2.69 bits per heavy atom. The van der Waals surface area contributed by atoms with Gasteiger partial charge in [-0.05, 0) is 30.7 Å². The van der Waals surface area contributed by atoms with Gasteiger partial charge < -0.3 is 20.5 Å². The molecule has 4 nitrogen and oxygen atoms in total. The molecule has 0 bridgehead atoms. The third kappa shape index (κ3) is 3.72. The molecule has 0 heterocycles. The van der Waals surface area contributed by atoms with Gasteiger partial charge in [-0.2, -0.15) is 0 Å². The van der Waals surface area contributed by atoms with Crippen molar-refractivity contribution in [1.82, 2.24) is 0 Å². The van der Waals surface area contributed by atoms with E-state index in [1.54, 1.807) is 7.11 Å². The van der Waals surface area contributed by atoms with Gasteiger partial charge in [0.05, 0.1) is 12.7 Å². The molecule has 0 aliphatic heterocycles. The molecule has 0 aliphatic carbocycles. The molecule has 1 unspecified atom stereocenters. The summed E-state index contributed by atoms with van der Waals surface area (Å²) in [6.07, 6.45) is -0.489. The molecular weight excluding hydrogens is 204 g/mol. The normalized spacial score (nSPS) is 12.5. The zero-order valence-electron chi connectivity index (χ0n) is 10.1. The van der Waals surface area contributed by atoms with Gasteiger partial charge in [-0.15, -0.1) is 0 Å². The summed E-state index contributed by atoms with van der Waals surface area (Å²) in [5.74, 6) is 0. The van der Waals surface area contributed by atoms with E-state index in [0.717, 1.165) is 16.9 Å². The van der Waals surface area contributed by atoms with Crippen LogP contribution in [0.1, 0.15) is 5.56 Å². The average Bonchev–Trinajstić information content (AvgIpc) is 2.16. The first-order valence-electron chi connectivity index (χ1n) is 5.28. The molecule has 0 saturated heterocycles. The maximum Gasteiger partial charge on any atom is 0.0947 e. The topological polar surface area (TPSA) is 58.7 Å². The first kappa shape index (κ1) is 12.8. The van der Waals surface area contributed by atoms with Crippen molar-refractivity contribution >= 4 is 11.4 Å². The van der Waals surface area contributed by atoms with Crippen LogP contribution in [0.5, 0.6) is 0 Å². The third-order valence-electron chi connectivity index (χ3n) is 2.37. The minimum absolute atomic E-state index is 0.339. The van der Waals surface area contributed by atoms with Crippen LogP contribution >= 0.6 is 0 Å². The number of aliphatic hydroxyl groups excluding tert-OH is 1. The van der Waals surface area contributed by atoms with Gasteiger partial charge in [0.25, 0.3) is 0 Å². The summed E-state index contributed by atoms with van der Waals surface area (Å²) >= 11 is 0. The lowest BCUT2D eigenvalue weighted by atomic mass is 10.2. The van der Waals surface area contributed by atoms with Crippen LogP contribution < -0.4 is 10.6 Å². The Kier molecular flexibility index (Phi) is 4.58. The number of rotatable bonds is 5. The van der Waals surface area contributed by atoms with Crippen LogP contribution in [-0.2, 0) is 4.74 Å². The Morgan fingerprint density at radius 2 is 2.12 bits per heavy atom. The summed E-state index contributed by atoms with van der Waals surface area (Å²) in [6, 6.07) is 5.85. The van der Waals surface area contributed by atoms with E-state index in [2.05, 4.69) is 0 Å². The molecule has 90 valence electrons. The van der Waals surface area contributed by atoms with Crippen LogP contribution in [0.25, 0.3) is 0 Å². The van der Waals surface area contributed by atoms with E-state index in [4.69, 9.17) is 10.5 Å². The molecule has 0 radical (unpaired) electrons. The number of aryl methyl sites for hydroxylation is 1. The standard InChI is InChI=1S/C12H20N2O2/c1-9-4-10(13)6-11(5-9)14(2)7-12(15)8-16-3/h4-6,12,15H,7-8,13H2,1-3H3. The minimum atomic E-state index is -0.489. The van der Waals surface area contributed by atoms with Gasteiger partial charge in [-0.1, -0.05) is 0 Å². The number of nitrogens with two attached hydrogens (primary N) is 1. The molecule has 1 rings (SSSR count). The Morgan fingerprint density at radius 1 is 1.44 bits per heavy atom. The van der Waals surface area contributed by atoms with Crippen molar-refractivity contribution in [3.05, 3.63) is 23.8 Å². The molecule has 0 spiro atoms. The van der Waals surface area contributed by atoms with Crippen LogP contribution in [0.4, 0.5) is 11.4 Å². The molecular formula is C12H20N2O2. The molecule has 0 fully saturated rings. The van der Waals surface area contributed by atoms with Gasteiger partial charge >= 0.3 is 0 Å². The van der Waals surface area contributed by atoms with Gasteiger partial charge in [0, 0.05) is 32.1 Å². The van der Waals surface area contributed by atoms with Crippen LogP contribution in [0, 0.1) is 6.92 Å². The average molecular weight is 224 g/mol. The molecule has 1 aromatic carbocycles. The van der Waals surface area contributed by atoms with Crippen molar-refractivity contribution in [3.8, 4) is 0 Å². The summed E-state index contributed by atoms with van der Waals surface area (Å²) in [5, 5.41) is 9.62. The Balaban J connectivity index is 2.68. The lowest BCUT2D eigenvalue weighted by Gasteiger charge is -2.23. The Bertz CT molecular complexity index is 322. The van der Waals surface area contributed by atoms with Gasteiger partial charge in [0.15, 0.2) is 0 Å². The van der Waals surface area contributed by atoms with Gasteiger partial charge in [0.1, 0.15) is 0 Å². The van der Waals surface area contributed by atoms with Crippen molar-refractivity contribution in [2.45, 2.75) is 13.0 Å². The highest BCUT2D eigenvalue weighted by molar-refractivity contribution is 5.58. The molecule has 1 aromatic rings. The summed E-state index contributed by atoms with van der Waals surface area (Å²) in [4.78, 5) is 1.97. The van der Waals surface area contributed by atoms with E-state index in [0.29, 0.717) is 13.2 Å². The summed E-state index contributed by atoms with van der Waals surface area (Å²) in [5.41, 5.74) is 8.63. The lowest BCUT2D eigenvalue weighted by molar-refractivity contribution is 0.0695. The van der Waals surface area contributed by atoms with Crippen LogP contribution in [0.2, 0.25) is 0 Å². The molecule has 16 heavy (non-hydrogen) atoms. The van der Waals surface area contributed by atoms with Gasteiger partial charge in [-0.25, -0.2) is 0 Å². The molecule has 0 saturated carbocycles. The van der Waals surface area contributed by atoms with Crippen LogP contribution in [0.3, 0.4) is 0 Å². The predicted octanol–water partition coefficient (Wildman–Crippen LogP) is 1.02. The fraction of sp³-hybridized carbons (Fsp3) is 0.500. The number of aliphatic hydroxyl groups is 1. The minimum Gasteiger partial charge on any atom is -0.399 e.